The molecule has 6 nitrogen and oxygen atoms in total. The van der Waals surface area contributed by atoms with Gasteiger partial charge in [0.2, 0.25) is 5.91 Å². The van der Waals surface area contributed by atoms with Crippen LogP contribution in [0.4, 0.5) is 0 Å². The zero-order valence-electron chi connectivity index (χ0n) is 11.2. The molecular formula is C14H16N4O2. The fourth-order valence-electron chi connectivity index (χ4n) is 3.10. The molecule has 2 fully saturated rings. The van der Waals surface area contributed by atoms with Crippen LogP contribution in [0.25, 0.3) is 10.4 Å². The SMILES string of the molecule is CC1C[C@H]2[C@@H](O1)[C@H](N=[N+]=[N-])C(=O)N2Cc1ccccc1. The van der Waals surface area contributed by atoms with Gasteiger partial charge >= 0.3 is 0 Å². The third-order valence-corrected chi connectivity index (χ3v) is 3.96. The van der Waals surface area contributed by atoms with Crippen molar-refractivity contribution in [2.75, 3.05) is 0 Å². The second-order valence-corrected chi connectivity index (χ2v) is 5.32. The Morgan fingerprint density at radius 1 is 1.45 bits per heavy atom. The monoisotopic (exact) mass is 272 g/mol. The van der Waals surface area contributed by atoms with Crippen molar-refractivity contribution in [2.24, 2.45) is 5.11 Å². The highest BCUT2D eigenvalue weighted by Gasteiger charge is 2.52. The highest BCUT2D eigenvalue weighted by molar-refractivity contribution is 5.86. The van der Waals surface area contributed by atoms with E-state index in [-0.39, 0.29) is 24.2 Å². The van der Waals surface area contributed by atoms with Crippen molar-refractivity contribution in [3.63, 3.8) is 0 Å². The molecule has 0 bridgehead atoms. The highest BCUT2D eigenvalue weighted by atomic mass is 16.5. The molecule has 0 aliphatic carbocycles. The Morgan fingerprint density at radius 3 is 2.90 bits per heavy atom. The van der Waals surface area contributed by atoms with Crippen LogP contribution in [0.2, 0.25) is 0 Å². The molecule has 1 aromatic carbocycles. The Morgan fingerprint density at radius 2 is 2.20 bits per heavy atom. The first-order valence-corrected chi connectivity index (χ1v) is 6.75. The van der Waals surface area contributed by atoms with E-state index in [1.165, 1.54) is 0 Å². The Kier molecular flexibility index (Phi) is 3.34. The van der Waals surface area contributed by atoms with Crippen LogP contribution >= 0.6 is 0 Å². The largest absolute Gasteiger partial charge is 0.372 e. The Balaban J connectivity index is 1.86. The van der Waals surface area contributed by atoms with E-state index in [0.717, 1.165) is 12.0 Å². The number of fused-ring (bicyclic) bond motifs is 1. The quantitative estimate of drug-likeness (QED) is 0.480. The summed E-state index contributed by atoms with van der Waals surface area (Å²) in [7, 11) is 0. The van der Waals surface area contributed by atoms with E-state index in [1.54, 1.807) is 4.90 Å². The van der Waals surface area contributed by atoms with Crippen LogP contribution in [0.5, 0.6) is 0 Å². The summed E-state index contributed by atoms with van der Waals surface area (Å²) >= 11 is 0. The van der Waals surface area contributed by atoms with Crippen LogP contribution in [-0.4, -0.2) is 35.1 Å². The average Bonchev–Trinajstić information content (AvgIpc) is 2.92. The maximum absolute atomic E-state index is 12.4. The molecule has 1 amide bonds. The van der Waals surface area contributed by atoms with Crippen molar-refractivity contribution in [1.82, 2.24) is 4.90 Å². The second kappa shape index (κ2) is 5.15. The Labute approximate surface area is 117 Å². The molecule has 0 N–H and O–H groups in total. The maximum atomic E-state index is 12.4. The first-order valence-electron chi connectivity index (χ1n) is 6.75. The number of benzene rings is 1. The third kappa shape index (κ3) is 2.13. The number of carbonyl (C=O) groups is 1. The van der Waals surface area contributed by atoms with Gasteiger partial charge < -0.3 is 9.64 Å². The van der Waals surface area contributed by atoms with Crippen molar-refractivity contribution in [1.29, 1.82) is 0 Å². The summed E-state index contributed by atoms with van der Waals surface area (Å²) in [6, 6.07) is 9.11. The van der Waals surface area contributed by atoms with Crippen molar-refractivity contribution >= 4 is 5.91 Å². The molecule has 104 valence electrons. The van der Waals surface area contributed by atoms with Gasteiger partial charge in [-0.15, -0.1) is 0 Å². The van der Waals surface area contributed by atoms with E-state index in [1.807, 2.05) is 37.3 Å². The maximum Gasteiger partial charge on any atom is 0.234 e. The number of ether oxygens (including phenoxy) is 1. The van der Waals surface area contributed by atoms with Gasteiger partial charge in [-0.05, 0) is 24.4 Å². The summed E-state index contributed by atoms with van der Waals surface area (Å²) in [5.74, 6) is -0.131. The summed E-state index contributed by atoms with van der Waals surface area (Å²) in [5.41, 5.74) is 9.71. The van der Waals surface area contributed by atoms with Crippen LogP contribution in [0, 0.1) is 0 Å². The topological polar surface area (TPSA) is 78.3 Å². The van der Waals surface area contributed by atoms with Gasteiger partial charge in [0.25, 0.3) is 0 Å². The highest BCUT2D eigenvalue weighted by Crippen LogP contribution is 2.36. The molecule has 0 spiro atoms. The van der Waals surface area contributed by atoms with Gasteiger partial charge in [0.15, 0.2) is 0 Å². The van der Waals surface area contributed by atoms with Crippen molar-refractivity contribution in [3.05, 3.63) is 46.3 Å². The van der Waals surface area contributed by atoms with E-state index < -0.39 is 6.04 Å². The summed E-state index contributed by atoms with van der Waals surface area (Å²) in [6.45, 7) is 2.52. The fourth-order valence-corrected chi connectivity index (χ4v) is 3.10. The number of carbonyl (C=O) groups excluding carboxylic acids is 1. The van der Waals surface area contributed by atoms with Crippen LogP contribution < -0.4 is 0 Å². The molecule has 1 unspecified atom stereocenters. The molecule has 1 aromatic rings. The average molecular weight is 272 g/mol. The van der Waals surface area contributed by atoms with Gasteiger partial charge in [0.1, 0.15) is 6.04 Å². The van der Waals surface area contributed by atoms with E-state index in [2.05, 4.69) is 10.0 Å². The lowest BCUT2D eigenvalue weighted by Gasteiger charge is -2.23. The normalized spacial score (nSPS) is 32.0. The molecular weight excluding hydrogens is 256 g/mol. The molecule has 6 heteroatoms. The zero-order valence-corrected chi connectivity index (χ0v) is 11.2. The zero-order chi connectivity index (χ0) is 14.1. The molecule has 2 saturated heterocycles. The molecule has 2 aliphatic heterocycles. The first kappa shape index (κ1) is 13.0. The molecule has 0 aromatic heterocycles. The van der Waals surface area contributed by atoms with Gasteiger partial charge in [0, 0.05) is 11.5 Å². The Hall–Kier alpha value is -2.04. The molecule has 4 atom stereocenters. The number of amides is 1. The van der Waals surface area contributed by atoms with Crippen molar-refractivity contribution in [3.8, 4) is 0 Å². The van der Waals surface area contributed by atoms with Crippen molar-refractivity contribution < 1.29 is 9.53 Å². The minimum atomic E-state index is -0.723. The molecule has 2 aliphatic rings. The number of azide groups is 1. The lowest BCUT2D eigenvalue weighted by atomic mass is 10.1. The predicted octanol–water partition coefficient (Wildman–Crippen LogP) is 2.25. The summed E-state index contributed by atoms with van der Waals surface area (Å²) in [4.78, 5) is 17.0. The molecule has 0 saturated carbocycles. The van der Waals surface area contributed by atoms with E-state index in [0.29, 0.717) is 6.54 Å². The number of rotatable bonds is 3. The number of hydrogen-bond acceptors (Lipinski definition) is 3. The van der Waals surface area contributed by atoms with Gasteiger partial charge in [0.05, 0.1) is 18.2 Å². The minimum absolute atomic E-state index is 0.00760. The fraction of sp³-hybridized carbons (Fsp3) is 0.500. The minimum Gasteiger partial charge on any atom is -0.372 e. The second-order valence-electron chi connectivity index (χ2n) is 5.32. The lowest BCUT2D eigenvalue weighted by Crippen LogP contribution is -2.34. The summed E-state index contributed by atoms with van der Waals surface area (Å²) in [6.07, 6.45) is 0.575. The summed E-state index contributed by atoms with van der Waals surface area (Å²) < 4.78 is 5.76. The Bertz CT molecular complexity index is 556. The van der Waals surface area contributed by atoms with Crippen LogP contribution in [0.1, 0.15) is 18.9 Å². The number of likely N-dealkylation sites (tertiary alicyclic amines) is 1. The smallest absolute Gasteiger partial charge is 0.234 e. The van der Waals surface area contributed by atoms with Gasteiger partial charge in [-0.2, -0.15) is 0 Å². The standard InChI is InChI=1S/C14H16N4O2/c1-9-7-11-13(20-9)12(16-17-15)14(19)18(11)8-10-5-3-2-4-6-10/h2-6,9,11-13H,7-8H2,1H3/t9?,11-,12-,13+/m0/s1. The molecule has 20 heavy (non-hydrogen) atoms. The molecule has 3 rings (SSSR count). The van der Waals surface area contributed by atoms with Crippen LogP contribution in [0.3, 0.4) is 0 Å². The van der Waals surface area contributed by atoms with Gasteiger partial charge in [-0.25, -0.2) is 0 Å². The summed E-state index contributed by atoms with van der Waals surface area (Å²) in [5, 5.41) is 3.64. The van der Waals surface area contributed by atoms with E-state index in [9.17, 15) is 4.79 Å². The van der Waals surface area contributed by atoms with Crippen molar-refractivity contribution in [2.45, 2.75) is 44.2 Å². The van der Waals surface area contributed by atoms with Crippen LogP contribution in [0.15, 0.2) is 35.4 Å². The first-order chi connectivity index (χ1) is 9.70. The predicted molar refractivity (Wildman–Crippen MR) is 72.7 cm³/mol. The van der Waals surface area contributed by atoms with E-state index >= 15 is 0 Å². The number of nitrogens with zero attached hydrogens (tertiary/aromatic N) is 4. The lowest BCUT2D eigenvalue weighted by molar-refractivity contribution is -0.131. The molecule has 2 heterocycles. The van der Waals surface area contributed by atoms with E-state index in [4.69, 9.17) is 10.3 Å². The van der Waals surface area contributed by atoms with Gasteiger partial charge in [-0.1, -0.05) is 35.4 Å². The van der Waals surface area contributed by atoms with Crippen LogP contribution in [-0.2, 0) is 16.1 Å². The number of hydrogen-bond donors (Lipinski definition) is 0. The third-order valence-electron chi connectivity index (χ3n) is 3.96. The van der Waals surface area contributed by atoms with Gasteiger partial charge in [-0.3, -0.25) is 4.79 Å². The molecule has 0 radical (unpaired) electrons.